The summed E-state index contributed by atoms with van der Waals surface area (Å²) in [6.07, 6.45) is 4.63. The molecule has 0 N–H and O–H groups in total. The third-order valence-electron chi connectivity index (χ3n) is 4.01. The average molecular weight is 285 g/mol. The molecule has 1 aliphatic rings. The molecular weight excluding hydrogens is 265 g/mol. The molecule has 0 radical (unpaired) electrons. The van der Waals surface area contributed by atoms with E-state index in [9.17, 15) is 4.39 Å². The van der Waals surface area contributed by atoms with Crippen LogP contribution in [0.3, 0.4) is 0 Å². The summed E-state index contributed by atoms with van der Waals surface area (Å²) >= 11 is 0. The van der Waals surface area contributed by atoms with Gasteiger partial charge in [-0.1, -0.05) is 19.3 Å². The molecule has 1 saturated heterocycles. The number of aromatic nitrogens is 1. The predicted molar refractivity (Wildman–Crippen MR) is 79.9 cm³/mol. The Balaban J connectivity index is 1.81. The Bertz CT molecular complexity index is 572. The number of rotatable bonds is 3. The quantitative estimate of drug-likeness (QED) is 0.802. The van der Waals surface area contributed by atoms with Crippen LogP contribution in [0.4, 0.5) is 4.39 Å². The number of hydrogen-bond donors (Lipinski definition) is 0. The van der Waals surface area contributed by atoms with E-state index in [0.717, 1.165) is 32.0 Å². The van der Waals surface area contributed by atoms with Gasteiger partial charge in [0.25, 0.3) is 0 Å². The molecule has 4 heteroatoms. The summed E-state index contributed by atoms with van der Waals surface area (Å²) in [5, 5.41) is 8.72. The lowest BCUT2D eigenvalue weighted by molar-refractivity contribution is 0.185. The highest BCUT2D eigenvalue weighted by Gasteiger charge is 2.16. The van der Waals surface area contributed by atoms with Gasteiger partial charge in [0.15, 0.2) is 11.5 Å². The molecule has 0 aromatic carbocycles. The summed E-state index contributed by atoms with van der Waals surface area (Å²) in [6, 6.07) is 4.48. The van der Waals surface area contributed by atoms with Crippen LogP contribution in [0, 0.1) is 34.9 Å². The molecular formula is C17H20FN3. The van der Waals surface area contributed by atoms with Crippen molar-refractivity contribution in [2.24, 2.45) is 5.92 Å². The second kappa shape index (κ2) is 7.76. The highest BCUT2D eigenvalue weighted by molar-refractivity contribution is 5.33. The second-order valence-electron chi connectivity index (χ2n) is 5.38. The zero-order chi connectivity index (χ0) is 15.1. The number of nitriles is 1. The maximum atomic E-state index is 13.1. The van der Waals surface area contributed by atoms with E-state index in [1.54, 1.807) is 6.07 Å². The lowest BCUT2D eigenvalue weighted by Crippen LogP contribution is -2.34. The fraction of sp³-hybridized carbons (Fsp3) is 0.529. The molecule has 1 aromatic heterocycles. The van der Waals surface area contributed by atoms with E-state index in [2.05, 4.69) is 28.6 Å². The van der Waals surface area contributed by atoms with Crippen LogP contribution < -0.4 is 0 Å². The Morgan fingerprint density at radius 1 is 1.38 bits per heavy atom. The predicted octanol–water partition coefficient (Wildman–Crippen LogP) is 2.96. The number of nitrogens with zero attached hydrogens (tertiary/aromatic N) is 3. The van der Waals surface area contributed by atoms with E-state index >= 15 is 0 Å². The first-order valence-corrected chi connectivity index (χ1v) is 7.50. The minimum atomic E-state index is -0.596. The van der Waals surface area contributed by atoms with E-state index in [4.69, 9.17) is 5.26 Å². The molecule has 0 aliphatic carbocycles. The maximum absolute atomic E-state index is 13.1. The van der Waals surface area contributed by atoms with Crippen molar-refractivity contribution in [1.82, 2.24) is 9.88 Å². The van der Waals surface area contributed by atoms with Crippen molar-refractivity contribution >= 4 is 0 Å². The fourth-order valence-electron chi connectivity index (χ4n) is 2.58. The summed E-state index contributed by atoms with van der Waals surface area (Å²) in [5.74, 6) is 6.25. The molecule has 1 aromatic rings. The van der Waals surface area contributed by atoms with Crippen LogP contribution >= 0.6 is 0 Å². The van der Waals surface area contributed by atoms with Gasteiger partial charge in [0.05, 0.1) is 0 Å². The monoisotopic (exact) mass is 285 g/mol. The smallest absolute Gasteiger partial charge is 0.177 e. The molecule has 0 spiro atoms. The van der Waals surface area contributed by atoms with Crippen molar-refractivity contribution in [2.45, 2.75) is 32.6 Å². The Kier molecular flexibility index (Phi) is 5.72. The molecule has 1 aliphatic heterocycles. The van der Waals surface area contributed by atoms with E-state index in [1.165, 1.54) is 31.4 Å². The first kappa shape index (κ1) is 15.5. The van der Waals surface area contributed by atoms with Gasteiger partial charge < -0.3 is 4.90 Å². The van der Waals surface area contributed by atoms with Gasteiger partial charge in [-0.05, 0) is 49.9 Å². The van der Waals surface area contributed by atoms with E-state index in [-0.39, 0.29) is 5.69 Å². The van der Waals surface area contributed by atoms with Crippen LogP contribution in [0.15, 0.2) is 12.1 Å². The standard InChI is InChI=1S/C17H20FN3/c1-2-14-8-11-21(12-9-14)10-4-3-5-15-6-7-16(18)17(13-19)20-15/h6-7,14H,2,4,8-12H2,1H3. The molecule has 0 bridgehead atoms. The normalized spacial score (nSPS) is 16.0. The van der Waals surface area contributed by atoms with E-state index < -0.39 is 5.82 Å². The van der Waals surface area contributed by atoms with Crippen molar-refractivity contribution in [3.8, 4) is 17.9 Å². The summed E-state index contributed by atoms with van der Waals surface area (Å²) in [4.78, 5) is 6.32. The molecule has 3 nitrogen and oxygen atoms in total. The Morgan fingerprint density at radius 3 is 2.81 bits per heavy atom. The fourth-order valence-corrected chi connectivity index (χ4v) is 2.58. The van der Waals surface area contributed by atoms with Crippen LogP contribution in [0.1, 0.15) is 44.0 Å². The first-order valence-electron chi connectivity index (χ1n) is 7.50. The second-order valence-corrected chi connectivity index (χ2v) is 5.38. The van der Waals surface area contributed by atoms with E-state index in [0.29, 0.717) is 5.69 Å². The van der Waals surface area contributed by atoms with Gasteiger partial charge >= 0.3 is 0 Å². The minimum absolute atomic E-state index is 0.191. The molecule has 1 fully saturated rings. The highest BCUT2D eigenvalue weighted by Crippen LogP contribution is 2.19. The Morgan fingerprint density at radius 2 is 2.14 bits per heavy atom. The van der Waals surface area contributed by atoms with Crippen LogP contribution in [-0.4, -0.2) is 29.5 Å². The number of likely N-dealkylation sites (tertiary alicyclic amines) is 1. The van der Waals surface area contributed by atoms with Crippen molar-refractivity contribution in [2.75, 3.05) is 19.6 Å². The first-order chi connectivity index (χ1) is 10.2. The number of hydrogen-bond acceptors (Lipinski definition) is 3. The molecule has 2 rings (SSSR count). The van der Waals surface area contributed by atoms with Crippen LogP contribution in [0.5, 0.6) is 0 Å². The minimum Gasteiger partial charge on any atom is -0.302 e. The SMILES string of the molecule is CCC1CCN(CCC#Cc2ccc(F)c(C#N)n2)CC1. The van der Waals surface area contributed by atoms with Gasteiger partial charge in [-0.15, -0.1) is 0 Å². The molecule has 21 heavy (non-hydrogen) atoms. The topological polar surface area (TPSA) is 39.9 Å². The molecule has 0 unspecified atom stereocenters. The third-order valence-corrected chi connectivity index (χ3v) is 4.01. The summed E-state index contributed by atoms with van der Waals surface area (Å²) in [7, 11) is 0. The molecule has 110 valence electrons. The lowest BCUT2D eigenvalue weighted by atomic mass is 9.94. The van der Waals surface area contributed by atoms with Crippen molar-refractivity contribution < 1.29 is 4.39 Å². The summed E-state index contributed by atoms with van der Waals surface area (Å²) < 4.78 is 13.1. The van der Waals surface area contributed by atoms with Crippen LogP contribution in [0.25, 0.3) is 0 Å². The molecule has 0 saturated carbocycles. The van der Waals surface area contributed by atoms with Crippen LogP contribution in [0.2, 0.25) is 0 Å². The third kappa shape index (κ3) is 4.55. The average Bonchev–Trinajstić information content (AvgIpc) is 2.53. The molecule has 0 amide bonds. The van der Waals surface area contributed by atoms with Crippen molar-refractivity contribution in [1.29, 1.82) is 5.26 Å². The van der Waals surface area contributed by atoms with Gasteiger partial charge in [-0.3, -0.25) is 0 Å². The Hall–Kier alpha value is -1.91. The van der Waals surface area contributed by atoms with Gasteiger partial charge in [-0.2, -0.15) is 5.26 Å². The Labute approximate surface area is 125 Å². The van der Waals surface area contributed by atoms with Crippen molar-refractivity contribution in [3.05, 3.63) is 29.3 Å². The largest absolute Gasteiger partial charge is 0.302 e. The number of piperidine rings is 1. The van der Waals surface area contributed by atoms with Crippen molar-refractivity contribution in [3.63, 3.8) is 0 Å². The number of pyridine rings is 1. The zero-order valence-corrected chi connectivity index (χ0v) is 12.4. The summed E-state index contributed by atoms with van der Waals surface area (Å²) in [6.45, 7) is 5.55. The van der Waals surface area contributed by atoms with Gasteiger partial charge in [0.2, 0.25) is 0 Å². The zero-order valence-electron chi connectivity index (χ0n) is 12.4. The van der Waals surface area contributed by atoms with Gasteiger partial charge in [0.1, 0.15) is 11.8 Å². The highest BCUT2D eigenvalue weighted by atomic mass is 19.1. The number of halogens is 1. The van der Waals surface area contributed by atoms with Gasteiger partial charge in [-0.25, -0.2) is 9.37 Å². The lowest BCUT2D eigenvalue weighted by Gasteiger charge is -2.30. The van der Waals surface area contributed by atoms with Crippen LogP contribution in [-0.2, 0) is 0 Å². The molecule has 0 atom stereocenters. The van der Waals surface area contributed by atoms with Gasteiger partial charge in [0, 0.05) is 13.0 Å². The van der Waals surface area contributed by atoms with E-state index in [1.807, 2.05) is 0 Å². The summed E-state index contributed by atoms with van der Waals surface area (Å²) in [5.41, 5.74) is 0.265. The molecule has 2 heterocycles. The maximum Gasteiger partial charge on any atom is 0.177 e.